The van der Waals surface area contributed by atoms with E-state index in [9.17, 15) is 0 Å². The predicted octanol–water partition coefficient (Wildman–Crippen LogP) is 1.87. The lowest BCUT2D eigenvalue weighted by atomic mass is 10.2. The molecule has 0 atom stereocenters. The summed E-state index contributed by atoms with van der Waals surface area (Å²) in [6, 6.07) is 1.90. The molecule has 0 aromatic rings. The summed E-state index contributed by atoms with van der Waals surface area (Å²) in [6.45, 7) is 1.19. The summed E-state index contributed by atoms with van der Waals surface area (Å²) in [7, 11) is 1.70. The van der Waals surface area contributed by atoms with Crippen molar-refractivity contribution >= 4 is 8.72 Å². The van der Waals surface area contributed by atoms with Crippen LogP contribution in [-0.2, 0) is 8.85 Å². The van der Waals surface area contributed by atoms with Gasteiger partial charge in [-0.3, -0.25) is 4.57 Å². The van der Waals surface area contributed by atoms with E-state index < -0.39 is 8.72 Å². The van der Waals surface area contributed by atoms with Crippen LogP contribution in [-0.4, -0.2) is 40.1 Å². The van der Waals surface area contributed by atoms with Crippen molar-refractivity contribution in [2.45, 2.75) is 44.2 Å². The van der Waals surface area contributed by atoms with E-state index in [4.69, 9.17) is 8.85 Å². The summed E-state index contributed by atoms with van der Waals surface area (Å²) in [5.41, 5.74) is 0. The first kappa shape index (κ1) is 10.6. The third-order valence-electron chi connectivity index (χ3n) is 3.73. The Bertz CT molecular complexity index is 191. The van der Waals surface area contributed by atoms with Gasteiger partial charge in [-0.05, 0) is 25.8 Å². The number of hydrogen-bond acceptors (Lipinski definition) is 3. The maximum absolute atomic E-state index is 5.72. The van der Waals surface area contributed by atoms with Gasteiger partial charge in [0.05, 0.1) is 0 Å². The molecule has 1 heterocycles. The number of nitrogens with zero attached hydrogens (tertiary/aromatic N) is 1. The molecule has 3 nitrogen and oxygen atoms in total. The van der Waals surface area contributed by atoms with E-state index in [2.05, 4.69) is 4.57 Å². The number of rotatable bonds is 3. The zero-order chi connectivity index (χ0) is 10.0. The average molecular weight is 215 g/mol. The van der Waals surface area contributed by atoms with Gasteiger partial charge in [0.2, 0.25) is 0 Å². The Morgan fingerprint density at radius 2 is 1.71 bits per heavy atom. The van der Waals surface area contributed by atoms with E-state index in [0.717, 1.165) is 12.1 Å². The van der Waals surface area contributed by atoms with Gasteiger partial charge in [0, 0.05) is 26.3 Å². The van der Waals surface area contributed by atoms with Gasteiger partial charge in [-0.15, -0.1) is 0 Å². The van der Waals surface area contributed by atoms with Gasteiger partial charge in [0.25, 0.3) is 0 Å². The lowest BCUT2D eigenvalue weighted by Crippen LogP contribution is -2.56. The van der Waals surface area contributed by atoms with Crippen LogP contribution in [0, 0.1) is 0 Å². The van der Waals surface area contributed by atoms with Gasteiger partial charge in [0.1, 0.15) is 0 Å². The second kappa shape index (κ2) is 4.31. The minimum Gasteiger partial charge on any atom is -0.386 e. The van der Waals surface area contributed by atoms with Crippen molar-refractivity contribution in [2.24, 2.45) is 0 Å². The fourth-order valence-electron chi connectivity index (χ4n) is 2.99. The highest BCUT2D eigenvalue weighted by Crippen LogP contribution is 2.34. The summed E-state index contributed by atoms with van der Waals surface area (Å²) in [5.74, 6) is 0. The first-order valence-corrected chi connectivity index (χ1v) is 7.66. The summed E-state index contributed by atoms with van der Waals surface area (Å²) in [4.78, 5) is 0. The summed E-state index contributed by atoms with van der Waals surface area (Å²) in [5, 5.41) is 0. The first-order valence-electron chi connectivity index (χ1n) is 5.69. The third-order valence-corrected chi connectivity index (χ3v) is 7.46. The highest BCUT2D eigenvalue weighted by molar-refractivity contribution is 6.65. The molecule has 0 aromatic carbocycles. The molecule has 2 rings (SSSR count). The minimum atomic E-state index is -1.94. The van der Waals surface area contributed by atoms with Crippen molar-refractivity contribution < 1.29 is 8.85 Å². The summed E-state index contributed by atoms with van der Waals surface area (Å²) >= 11 is 0. The average Bonchev–Trinajstić information content (AvgIpc) is 2.86. The first-order chi connectivity index (χ1) is 6.82. The van der Waals surface area contributed by atoms with Gasteiger partial charge in [0.15, 0.2) is 0 Å². The van der Waals surface area contributed by atoms with Crippen LogP contribution < -0.4 is 0 Å². The molecule has 0 spiro atoms. The quantitative estimate of drug-likeness (QED) is 0.671. The molecular weight excluding hydrogens is 194 g/mol. The molecule has 0 aromatic heterocycles. The van der Waals surface area contributed by atoms with Crippen LogP contribution in [0.2, 0.25) is 6.04 Å². The van der Waals surface area contributed by atoms with Gasteiger partial charge < -0.3 is 8.85 Å². The maximum Gasteiger partial charge on any atom is 0.427 e. The van der Waals surface area contributed by atoms with Gasteiger partial charge in [-0.2, -0.15) is 0 Å². The predicted molar refractivity (Wildman–Crippen MR) is 58.2 cm³/mol. The maximum atomic E-state index is 5.72. The van der Waals surface area contributed by atoms with Crippen molar-refractivity contribution in [3.05, 3.63) is 0 Å². The molecule has 0 amide bonds. The molecule has 2 fully saturated rings. The SMILES string of the molecule is CO[Si]1(OC)CCCN1C1CCCC1. The minimum absolute atomic E-state index is 0.754. The third kappa shape index (κ3) is 1.64. The fraction of sp³-hybridized carbons (Fsp3) is 1.00. The molecule has 1 saturated heterocycles. The monoisotopic (exact) mass is 215 g/mol. The Balaban J connectivity index is 2.08. The molecule has 1 saturated carbocycles. The smallest absolute Gasteiger partial charge is 0.386 e. The highest BCUT2D eigenvalue weighted by atomic mass is 28.4. The van der Waals surface area contributed by atoms with Gasteiger partial charge >= 0.3 is 8.72 Å². The van der Waals surface area contributed by atoms with Gasteiger partial charge in [-0.1, -0.05) is 12.8 Å². The standard InChI is InChI=1S/C10H21NO2Si/c1-12-14(13-2)9-5-8-11(14)10-6-3-4-7-10/h10H,3-9H2,1-2H3. The molecule has 4 heteroatoms. The van der Waals surface area contributed by atoms with Crippen molar-refractivity contribution in [1.82, 2.24) is 4.57 Å². The van der Waals surface area contributed by atoms with E-state index in [1.165, 1.54) is 38.6 Å². The van der Waals surface area contributed by atoms with Crippen LogP contribution in [0.1, 0.15) is 32.1 Å². The Hall–Kier alpha value is 0.0969. The molecule has 2 aliphatic rings. The second-order valence-electron chi connectivity index (χ2n) is 4.36. The van der Waals surface area contributed by atoms with Crippen LogP contribution in [0.25, 0.3) is 0 Å². The Morgan fingerprint density at radius 1 is 1.07 bits per heavy atom. The Kier molecular flexibility index (Phi) is 3.26. The summed E-state index contributed by atoms with van der Waals surface area (Å²) < 4.78 is 14.0. The van der Waals surface area contributed by atoms with Crippen LogP contribution in [0.15, 0.2) is 0 Å². The molecule has 14 heavy (non-hydrogen) atoms. The van der Waals surface area contributed by atoms with Crippen molar-refractivity contribution in [3.63, 3.8) is 0 Å². The Labute approximate surface area is 87.7 Å². The molecular formula is C10H21NO2Si. The van der Waals surface area contributed by atoms with Crippen LogP contribution in [0.5, 0.6) is 0 Å². The molecule has 0 unspecified atom stereocenters. The zero-order valence-corrected chi connectivity index (χ0v) is 10.3. The van der Waals surface area contributed by atoms with Crippen molar-refractivity contribution in [3.8, 4) is 0 Å². The molecule has 82 valence electrons. The molecule has 0 radical (unpaired) electrons. The normalized spacial score (nSPS) is 28.7. The largest absolute Gasteiger partial charge is 0.427 e. The molecule has 1 aliphatic heterocycles. The highest BCUT2D eigenvalue weighted by Gasteiger charge is 2.50. The zero-order valence-electron chi connectivity index (χ0n) is 9.29. The number of hydrogen-bond donors (Lipinski definition) is 0. The van der Waals surface area contributed by atoms with E-state index in [0.29, 0.717) is 0 Å². The fourth-order valence-corrected chi connectivity index (χ4v) is 6.23. The lowest BCUT2D eigenvalue weighted by molar-refractivity contribution is 0.158. The molecule has 0 N–H and O–H groups in total. The van der Waals surface area contributed by atoms with Crippen molar-refractivity contribution in [1.29, 1.82) is 0 Å². The topological polar surface area (TPSA) is 21.7 Å². The van der Waals surface area contributed by atoms with E-state index in [1.54, 1.807) is 0 Å². The molecule has 1 aliphatic carbocycles. The van der Waals surface area contributed by atoms with E-state index in [-0.39, 0.29) is 0 Å². The second-order valence-corrected chi connectivity index (χ2v) is 7.67. The van der Waals surface area contributed by atoms with E-state index in [1.807, 2.05) is 14.2 Å². The summed E-state index contributed by atoms with van der Waals surface area (Å²) in [6.07, 6.45) is 6.73. The van der Waals surface area contributed by atoms with Crippen molar-refractivity contribution in [2.75, 3.05) is 20.8 Å². The van der Waals surface area contributed by atoms with E-state index >= 15 is 0 Å². The lowest BCUT2D eigenvalue weighted by Gasteiger charge is -2.36. The Morgan fingerprint density at radius 3 is 2.29 bits per heavy atom. The van der Waals surface area contributed by atoms with Gasteiger partial charge in [-0.25, -0.2) is 0 Å². The van der Waals surface area contributed by atoms with Crippen LogP contribution >= 0.6 is 0 Å². The molecule has 0 bridgehead atoms. The van der Waals surface area contributed by atoms with Crippen LogP contribution in [0.3, 0.4) is 0 Å². The van der Waals surface area contributed by atoms with Crippen LogP contribution in [0.4, 0.5) is 0 Å².